The molecule has 6 heteroatoms. The van der Waals surface area contributed by atoms with Crippen LogP contribution in [0.4, 0.5) is 8.78 Å². The third-order valence-electron chi connectivity index (χ3n) is 4.21. The minimum Gasteiger partial charge on any atom is -0.489 e. The number of halogens is 3. The number of esters is 1. The van der Waals surface area contributed by atoms with Crippen molar-refractivity contribution >= 4 is 17.6 Å². The molecule has 3 nitrogen and oxygen atoms in total. The van der Waals surface area contributed by atoms with Crippen LogP contribution in [0.2, 0.25) is 0 Å². The SMILES string of the molecule is COC(=O)C(Cl)CCCCCc1ccc(OCc2ccc(F)cc2F)cc1. The fourth-order valence-corrected chi connectivity index (χ4v) is 2.87. The van der Waals surface area contributed by atoms with Crippen LogP contribution >= 0.6 is 11.6 Å². The summed E-state index contributed by atoms with van der Waals surface area (Å²) < 4.78 is 36.6. The zero-order valence-electron chi connectivity index (χ0n) is 15.2. The highest BCUT2D eigenvalue weighted by Gasteiger charge is 2.14. The molecule has 0 aliphatic rings. The second-order valence-electron chi connectivity index (χ2n) is 6.26. The van der Waals surface area contributed by atoms with Crippen LogP contribution in [0, 0.1) is 11.6 Å². The maximum absolute atomic E-state index is 13.6. The lowest BCUT2D eigenvalue weighted by Crippen LogP contribution is -2.15. The Morgan fingerprint density at radius 2 is 1.81 bits per heavy atom. The van der Waals surface area contributed by atoms with Crippen molar-refractivity contribution in [1.29, 1.82) is 0 Å². The molecule has 0 saturated heterocycles. The second-order valence-corrected chi connectivity index (χ2v) is 6.79. The molecule has 0 saturated carbocycles. The highest BCUT2D eigenvalue weighted by Crippen LogP contribution is 2.18. The molecule has 0 bridgehead atoms. The monoisotopic (exact) mass is 396 g/mol. The quantitative estimate of drug-likeness (QED) is 0.305. The van der Waals surface area contributed by atoms with Gasteiger partial charge in [-0.25, -0.2) is 8.78 Å². The highest BCUT2D eigenvalue weighted by molar-refractivity contribution is 6.29. The van der Waals surface area contributed by atoms with Crippen molar-refractivity contribution in [3.8, 4) is 5.75 Å². The smallest absolute Gasteiger partial charge is 0.323 e. The van der Waals surface area contributed by atoms with E-state index in [1.54, 1.807) is 0 Å². The van der Waals surface area contributed by atoms with Crippen molar-refractivity contribution in [3.05, 3.63) is 65.2 Å². The minimum absolute atomic E-state index is 0.0469. The van der Waals surface area contributed by atoms with E-state index in [0.717, 1.165) is 31.7 Å². The Labute approximate surface area is 163 Å². The Morgan fingerprint density at radius 3 is 2.48 bits per heavy atom. The van der Waals surface area contributed by atoms with Crippen molar-refractivity contribution in [2.24, 2.45) is 0 Å². The van der Waals surface area contributed by atoms with E-state index >= 15 is 0 Å². The van der Waals surface area contributed by atoms with Gasteiger partial charge in [-0.1, -0.05) is 25.0 Å². The van der Waals surface area contributed by atoms with E-state index in [1.165, 1.54) is 24.8 Å². The summed E-state index contributed by atoms with van der Waals surface area (Å²) in [6.45, 7) is 0.0469. The molecule has 0 aliphatic carbocycles. The number of hydrogen-bond acceptors (Lipinski definition) is 3. The van der Waals surface area contributed by atoms with Gasteiger partial charge in [0, 0.05) is 11.6 Å². The van der Waals surface area contributed by atoms with Crippen LogP contribution in [0.1, 0.15) is 36.8 Å². The Hall–Kier alpha value is -2.14. The van der Waals surface area contributed by atoms with Crippen molar-refractivity contribution in [2.45, 2.75) is 44.1 Å². The van der Waals surface area contributed by atoms with E-state index in [2.05, 4.69) is 4.74 Å². The van der Waals surface area contributed by atoms with Gasteiger partial charge in [-0.3, -0.25) is 4.79 Å². The summed E-state index contributed by atoms with van der Waals surface area (Å²) in [7, 11) is 1.33. The number of hydrogen-bond donors (Lipinski definition) is 0. The van der Waals surface area contributed by atoms with Crippen LogP contribution in [-0.4, -0.2) is 18.5 Å². The lowest BCUT2D eigenvalue weighted by molar-refractivity contribution is -0.140. The van der Waals surface area contributed by atoms with Gasteiger partial charge >= 0.3 is 5.97 Å². The summed E-state index contributed by atoms with van der Waals surface area (Å²) in [6, 6.07) is 11.0. The van der Waals surface area contributed by atoms with Crippen molar-refractivity contribution in [2.75, 3.05) is 7.11 Å². The Bertz CT molecular complexity index is 735. The standard InChI is InChI=1S/C21H23ClF2O3/c1-26-21(25)19(22)6-4-2-3-5-15-7-11-18(12-8-15)27-14-16-9-10-17(23)13-20(16)24/h7-13,19H,2-6,14H2,1H3. The average molecular weight is 397 g/mol. The molecule has 146 valence electrons. The van der Waals surface area contributed by atoms with Crippen LogP contribution in [0.5, 0.6) is 5.75 Å². The van der Waals surface area contributed by atoms with Crippen LogP contribution in [0.25, 0.3) is 0 Å². The molecule has 0 heterocycles. The summed E-state index contributed by atoms with van der Waals surface area (Å²) in [5.41, 5.74) is 1.48. The van der Waals surface area contributed by atoms with Crippen LogP contribution in [0.3, 0.4) is 0 Å². The predicted molar refractivity (Wildman–Crippen MR) is 101 cm³/mol. The van der Waals surface area contributed by atoms with Gasteiger partial charge in [0.25, 0.3) is 0 Å². The molecule has 1 unspecified atom stereocenters. The summed E-state index contributed by atoms with van der Waals surface area (Å²) >= 11 is 5.91. The first kappa shape index (κ1) is 21.2. The molecule has 0 aliphatic heterocycles. The number of alkyl halides is 1. The number of aryl methyl sites for hydroxylation is 1. The molecule has 0 amide bonds. The zero-order chi connectivity index (χ0) is 19.6. The van der Waals surface area contributed by atoms with Gasteiger partial charge in [0.15, 0.2) is 0 Å². The number of ether oxygens (including phenoxy) is 2. The molecular formula is C21H23ClF2O3. The molecule has 2 aromatic carbocycles. The zero-order valence-corrected chi connectivity index (χ0v) is 16.0. The number of rotatable bonds is 10. The average Bonchev–Trinajstić information content (AvgIpc) is 2.67. The van der Waals surface area contributed by atoms with Gasteiger partial charge < -0.3 is 9.47 Å². The first-order chi connectivity index (χ1) is 13.0. The molecule has 1 atom stereocenters. The molecule has 0 fully saturated rings. The van der Waals surface area contributed by atoms with Gasteiger partial charge in [-0.15, -0.1) is 11.6 Å². The maximum Gasteiger partial charge on any atom is 0.323 e. The molecule has 0 N–H and O–H groups in total. The van der Waals surface area contributed by atoms with Crippen LogP contribution < -0.4 is 4.74 Å². The van der Waals surface area contributed by atoms with Crippen LogP contribution in [0.15, 0.2) is 42.5 Å². The van der Waals surface area contributed by atoms with Gasteiger partial charge in [0.1, 0.15) is 29.4 Å². The first-order valence-electron chi connectivity index (χ1n) is 8.87. The summed E-state index contributed by atoms with van der Waals surface area (Å²) in [5, 5.41) is -0.572. The molecule has 27 heavy (non-hydrogen) atoms. The maximum atomic E-state index is 13.6. The van der Waals surface area contributed by atoms with E-state index in [4.69, 9.17) is 16.3 Å². The molecular weight excluding hydrogens is 374 g/mol. The van der Waals surface area contributed by atoms with Gasteiger partial charge in [-0.2, -0.15) is 0 Å². The Kier molecular flexibility index (Phi) is 8.52. The molecule has 0 radical (unpaired) electrons. The predicted octanol–water partition coefficient (Wildman–Crippen LogP) is 5.43. The number of unbranched alkanes of at least 4 members (excludes halogenated alkanes) is 2. The molecule has 0 aromatic heterocycles. The topological polar surface area (TPSA) is 35.5 Å². The minimum atomic E-state index is -0.613. The van der Waals surface area contributed by atoms with E-state index in [-0.39, 0.29) is 12.6 Å². The number of benzene rings is 2. The van der Waals surface area contributed by atoms with E-state index in [1.807, 2.05) is 24.3 Å². The largest absolute Gasteiger partial charge is 0.489 e. The molecule has 2 aromatic rings. The first-order valence-corrected chi connectivity index (χ1v) is 9.31. The van der Waals surface area contributed by atoms with Crippen LogP contribution in [-0.2, 0) is 22.6 Å². The van der Waals surface area contributed by atoms with E-state index in [0.29, 0.717) is 17.7 Å². The Morgan fingerprint density at radius 1 is 1.07 bits per heavy atom. The molecule has 0 spiro atoms. The third kappa shape index (κ3) is 7.18. The molecule has 2 rings (SSSR count). The third-order valence-corrected chi connectivity index (χ3v) is 4.61. The van der Waals surface area contributed by atoms with E-state index < -0.39 is 17.0 Å². The van der Waals surface area contributed by atoms with E-state index in [9.17, 15) is 13.6 Å². The number of carbonyl (C=O) groups is 1. The number of carbonyl (C=O) groups excluding carboxylic acids is 1. The fourth-order valence-electron chi connectivity index (χ4n) is 2.63. The lowest BCUT2D eigenvalue weighted by atomic mass is 10.1. The van der Waals surface area contributed by atoms with Gasteiger partial charge in [-0.05, 0) is 49.1 Å². The summed E-state index contributed by atoms with van der Waals surface area (Å²) in [4.78, 5) is 11.2. The highest BCUT2D eigenvalue weighted by atomic mass is 35.5. The van der Waals surface area contributed by atoms with Crippen molar-refractivity contribution in [3.63, 3.8) is 0 Å². The lowest BCUT2D eigenvalue weighted by Gasteiger charge is -2.09. The van der Waals surface area contributed by atoms with Gasteiger partial charge in [0.2, 0.25) is 0 Å². The van der Waals surface area contributed by atoms with Crippen molar-refractivity contribution in [1.82, 2.24) is 0 Å². The fraction of sp³-hybridized carbons (Fsp3) is 0.381. The Balaban J connectivity index is 1.69. The number of methoxy groups -OCH3 is 1. The normalized spacial score (nSPS) is 11.9. The summed E-state index contributed by atoms with van der Waals surface area (Å²) in [5.74, 6) is -0.969. The summed E-state index contributed by atoms with van der Waals surface area (Å²) in [6.07, 6.45) is 4.36. The second kappa shape index (κ2) is 10.9. The van der Waals surface area contributed by atoms with Gasteiger partial charge in [0.05, 0.1) is 7.11 Å². The van der Waals surface area contributed by atoms with Crippen molar-refractivity contribution < 1.29 is 23.0 Å².